The molecular weight excluding hydrogens is 365 g/mol. The van der Waals surface area contributed by atoms with Crippen LogP contribution in [0.3, 0.4) is 0 Å². The zero-order valence-corrected chi connectivity index (χ0v) is 15.2. The number of hydrogen-bond donors (Lipinski definition) is 2. The monoisotopic (exact) mass is 381 g/mol. The summed E-state index contributed by atoms with van der Waals surface area (Å²) in [6.07, 6.45) is 1.55. The van der Waals surface area contributed by atoms with E-state index in [4.69, 9.17) is 0 Å². The predicted molar refractivity (Wildman–Crippen MR) is 105 cm³/mol. The molecule has 0 atom stereocenters. The standard InChI is InChI=1S/C20H16FN3O2S/c1-13-10-11-14(27-13)12-22-24-20(26)16-7-3-5-9-18(16)23-19(25)15-6-2-4-8-17(15)21/h2-12H,1H3,(H,23,25)(H,24,26). The van der Waals surface area contributed by atoms with Crippen molar-refractivity contribution in [3.8, 4) is 0 Å². The third-order valence-electron chi connectivity index (χ3n) is 3.66. The maximum atomic E-state index is 13.8. The van der Waals surface area contributed by atoms with Gasteiger partial charge in [-0.1, -0.05) is 24.3 Å². The lowest BCUT2D eigenvalue weighted by Gasteiger charge is -2.10. The van der Waals surface area contributed by atoms with Crippen LogP contribution in [0, 0.1) is 12.7 Å². The van der Waals surface area contributed by atoms with Gasteiger partial charge in [0.05, 0.1) is 23.0 Å². The number of carbonyl (C=O) groups excluding carboxylic acids is 2. The van der Waals surface area contributed by atoms with Gasteiger partial charge in [0.15, 0.2) is 0 Å². The Hall–Kier alpha value is -3.32. The van der Waals surface area contributed by atoms with Crippen LogP contribution in [0.15, 0.2) is 65.8 Å². The van der Waals surface area contributed by atoms with Gasteiger partial charge >= 0.3 is 0 Å². The molecule has 0 spiro atoms. The maximum Gasteiger partial charge on any atom is 0.273 e. The Morgan fingerprint density at radius 1 is 0.963 bits per heavy atom. The van der Waals surface area contributed by atoms with Crippen molar-refractivity contribution in [3.05, 3.63) is 87.4 Å². The Bertz CT molecular complexity index is 1010. The van der Waals surface area contributed by atoms with E-state index in [1.54, 1.807) is 47.9 Å². The second-order valence-electron chi connectivity index (χ2n) is 5.63. The van der Waals surface area contributed by atoms with Crippen molar-refractivity contribution >= 4 is 35.1 Å². The number of hydrazone groups is 1. The molecule has 0 radical (unpaired) electrons. The quantitative estimate of drug-likeness (QED) is 0.513. The highest BCUT2D eigenvalue weighted by molar-refractivity contribution is 7.13. The van der Waals surface area contributed by atoms with Crippen LogP contribution >= 0.6 is 11.3 Å². The van der Waals surface area contributed by atoms with Crippen molar-refractivity contribution in [2.45, 2.75) is 6.92 Å². The van der Waals surface area contributed by atoms with E-state index in [2.05, 4.69) is 15.8 Å². The molecule has 2 aromatic carbocycles. The number of amides is 2. The van der Waals surface area contributed by atoms with E-state index in [1.807, 2.05) is 19.1 Å². The molecule has 27 heavy (non-hydrogen) atoms. The third kappa shape index (κ3) is 4.65. The molecule has 7 heteroatoms. The molecule has 1 heterocycles. The Labute approximate surface area is 159 Å². The zero-order chi connectivity index (χ0) is 19.2. The summed E-state index contributed by atoms with van der Waals surface area (Å²) >= 11 is 1.55. The van der Waals surface area contributed by atoms with E-state index >= 15 is 0 Å². The van der Waals surface area contributed by atoms with E-state index in [9.17, 15) is 14.0 Å². The number of aryl methyl sites for hydroxylation is 1. The first-order chi connectivity index (χ1) is 13.0. The van der Waals surface area contributed by atoms with Gasteiger partial charge in [-0.05, 0) is 43.3 Å². The second kappa shape index (κ2) is 8.37. The van der Waals surface area contributed by atoms with Gasteiger partial charge in [0.2, 0.25) is 0 Å². The van der Waals surface area contributed by atoms with Gasteiger partial charge in [-0.25, -0.2) is 9.82 Å². The van der Waals surface area contributed by atoms with Gasteiger partial charge in [0.1, 0.15) is 5.82 Å². The Balaban J connectivity index is 1.73. The minimum absolute atomic E-state index is 0.0983. The normalized spacial score (nSPS) is 10.7. The zero-order valence-electron chi connectivity index (χ0n) is 14.4. The molecule has 3 rings (SSSR count). The minimum atomic E-state index is -0.633. The number of carbonyl (C=O) groups is 2. The van der Waals surface area contributed by atoms with E-state index in [0.717, 1.165) is 9.75 Å². The molecule has 0 aliphatic carbocycles. The Morgan fingerprint density at radius 2 is 1.67 bits per heavy atom. The van der Waals surface area contributed by atoms with Crippen LogP contribution in [0.5, 0.6) is 0 Å². The molecule has 1 aromatic heterocycles. The highest BCUT2D eigenvalue weighted by Gasteiger charge is 2.15. The SMILES string of the molecule is Cc1ccc(C=NNC(=O)c2ccccc2NC(=O)c2ccccc2F)s1. The Kier molecular flexibility index (Phi) is 5.73. The van der Waals surface area contributed by atoms with Crippen molar-refractivity contribution < 1.29 is 14.0 Å². The van der Waals surface area contributed by atoms with Crippen molar-refractivity contribution in [1.82, 2.24) is 5.43 Å². The molecule has 2 amide bonds. The average Bonchev–Trinajstić information content (AvgIpc) is 3.07. The van der Waals surface area contributed by atoms with Crippen molar-refractivity contribution in [3.63, 3.8) is 0 Å². The summed E-state index contributed by atoms with van der Waals surface area (Å²) in [4.78, 5) is 26.8. The van der Waals surface area contributed by atoms with Crippen LogP contribution in [0.1, 0.15) is 30.5 Å². The van der Waals surface area contributed by atoms with E-state index < -0.39 is 17.6 Å². The first-order valence-corrected chi connectivity index (χ1v) is 8.91. The number of thiophene rings is 1. The number of nitrogens with zero attached hydrogens (tertiary/aromatic N) is 1. The molecule has 0 saturated carbocycles. The van der Waals surface area contributed by atoms with Gasteiger partial charge in [0, 0.05) is 9.75 Å². The molecule has 0 bridgehead atoms. The first kappa shape index (κ1) is 18.5. The summed E-state index contributed by atoms with van der Waals surface area (Å²) in [6.45, 7) is 1.98. The molecule has 0 saturated heterocycles. The van der Waals surface area contributed by atoms with Crippen LogP contribution in [0.4, 0.5) is 10.1 Å². The fourth-order valence-corrected chi connectivity index (χ4v) is 3.11. The summed E-state index contributed by atoms with van der Waals surface area (Å²) in [5.41, 5.74) is 2.83. The molecule has 2 N–H and O–H groups in total. The van der Waals surface area contributed by atoms with Gasteiger partial charge in [-0.15, -0.1) is 11.3 Å². The van der Waals surface area contributed by atoms with Crippen molar-refractivity contribution in [2.75, 3.05) is 5.32 Å². The van der Waals surface area contributed by atoms with Crippen LogP contribution in [0.25, 0.3) is 0 Å². The number of anilines is 1. The summed E-state index contributed by atoms with van der Waals surface area (Å²) in [6, 6.07) is 16.0. The average molecular weight is 381 g/mol. The molecule has 0 aliphatic heterocycles. The molecule has 3 aromatic rings. The summed E-state index contributed by atoms with van der Waals surface area (Å²) in [5.74, 6) is -1.75. The number of nitrogens with one attached hydrogen (secondary N) is 2. The smallest absolute Gasteiger partial charge is 0.273 e. The number of rotatable bonds is 5. The summed E-state index contributed by atoms with van der Waals surface area (Å²) < 4.78 is 13.8. The first-order valence-electron chi connectivity index (χ1n) is 8.09. The van der Waals surface area contributed by atoms with E-state index in [-0.39, 0.29) is 16.8 Å². The van der Waals surface area contributed by atoms with Crippen molar-refractivity contribution in [1.29, 1.82) is 0 Å². The highest BCUT2D eigenvalue weighted by atomic mass is 32.1. The fraction of sp³-hybridized carbons (Fsp3) is 0.0500. The number of benzene rings is 2. The lowest BCUT2D eigenvalue weighted by molar-refractivity contribution is 0.0956. The predicted octanol–water partition coefficient (Wildman–Crippen LogP) is 4.21. The minimum Gasteiger partial charge on any atom is -0.321 e. The highest BCUT2D eigenvalue weighted by Crippen LogP contribution is 2.17. The van der Waals surface area contributed by atoms with Gasteiger partial charge in [-0.3, -0.25) is 9.59 Å². The summed E-state index contributed by atoms with van der Waals surface area (Å²) in [7, 11) is 0. The third-order valence-corrected chi connectivity index (χ3v) is 4.59. The maximum absolute atomic E-state index is 13.8. The van der Waals surface area contributed by atoms with Crippen LogP contribution in [-0.2, 0) is 0 Å². The Morgan fingerprint density at radius 3 is 2.37 bits per heavy atom. The molecule has 5 nitrogen and oxygen atoms in total. The molecule has 0 aliphatic rings. The van der Waals surface area contributed by atoms with Crippen LogP contribution in [-0.4, -0.2) is 18.0 Å². The van der Waals surface area contributed by atoms with Gasteiger partial charge in [-0.2, -0.15) is 5.10 Å². The van der Waals surface area contributed by atoms with Crippen LogP contribution < -0.4 is 10.7 Å². The second-order valence-corrected chi connectivity index (χ2v) is 6.95. The molecular formula is C20H16FN3O2S. The van der Waals surface area contributed by atoms with Crippen molar-refractivity contribution in [2.24, 2.45) is 5.10 Å². The number of hydrogen-bond acceptors (Lipinski definition) is 4. The lowest BCUT2D eigenvalue weighted by atomic mass is 10.1. The fourth-order valence-electron chi connectivity index (χ4n) is 2.36. The largest absolute Gasteiger partial charge is 0.321 e. The molecule has 0 unspecified atom stereocenters. The van der Waals surface area contributed by atoms with E-state index in [0.29, 0.717) is 0 Å². The number of halogens is 1. The number of para-hydroxylation sites is 1. The topological polar surface area (TPSA) is 70.6 Å². The summed E-state index contributed by atoms with van der Waals surface area (Å²) in [5, 5.41) is 6.51. The van der Waals surface area contributed by atoms with E-state index in [1.165, 1.54) is 18.2 Å². The molecule has 0 fully saturated rings. The van der Waals surface area contributed by atoms with Gasteiger partial charge in [0.25, 0.3) is 11.8 Å². The molecule has 136 valence electrons. The van der Waals surface area contributed by atoms with Crippen LogP contribution in [0.2, 0.25) is 0 Å². The lowest BCUT2D eigenvalue weighted by Crippen LogP contribution is -2.21. The van der Waals surface area contributed by atoms with Gasteiger partial charge < -0.3 is 5.32 Å².